The maximum absolute atomic E-state index is 11.4. The van der Waals surface area contributed by atoms with E-state index < -0.39 is 0 Å². The zero-order valence-corrected chi connectivity index (χ0v) is 7.65. The van der Waals surface area contributed by atoms with E-state index in [1.807, 2.05) is 19.1 Å². The number of amides is 1. The molecular weight excluding hydrogens is 166 g/mol. The average molecular weight is 177 g/mol. The number of ether oxygens (including phenoxy) is 1. The molecule has 2 rings (SSSR count). The Morgan fingerprint density at radius 3 is 3.08 bits per heavy atom. The summed E-state index contributed by atoms with van der Waals surface area (Å²) in [6.45, 7) is 3.82. The number of nitrogens with zero attached hydrogens (tertiary/aromatic N) is 1. The fourth-order valence-electron chi connectivity index (χ4n) is 1.36. The second kappa shape index (κ2) is 2.76. The molecule has 2 aliphatic rings. The predicted molar refractivity (Wildman–Crippen MR) is 48.1 cm³/mol. The molecule has 0 fully saturated rings. The zero-order valence-electron chi connectivity index (χ0n) is 7.65. The maximum Gasteiger partial charge on any atom is 0.260 e. The second-order valence-electron chi connectivity index (χ2n) is 3.27. The minimum atomic E-state index is -0.0434. The first-order chi connectivity index (χ1) is 6.16. The SMILES string of the molecule is CC1=CC(=O)N2C=CC(C)C=C2O1. The molecule has 1 atom stereocenters. The lowest BCUT2D eigenvalue weighted by atomic mass is 10.1. The number of carbonyl (C=O) groups is 1. The topological polar surface area (TPSA) is 29.5 Å². The third-order valence-corrected chi connectivity index (χ3v) is 2.01. The standard InChI is InChI=1S/C10H11NO2/c1-7-3-4-11-9(12)6-8(2)13-10(11)5-7/h3-7H,1-2H3. The van der Waals surface area contributed by atoms with Crippen LogP contribution in [0, 0.1) is 5.92 Å². The molecule has 1 amide bonds. The van der Waals surface area contributed by atoms with Crippen molar-refractivity contribution in [3.63, 3.8) is 0 Å². The molecular formula is C10H11NO2. The minimum Gasteiger partial charge on any atom is -0.445 e. The van der Waals surface area contributed by atoms with Crippen LogP contribution in [0.1, 0.15) is 13.8 Å². The number of hydrogen-bond donors (Lipinski definition) is 0. The van der Waals surface area contributed by atoms with Crippen LogP contribution >= 0.6 is 0 Å². The van der Waals surface area contributed by atoms with Gasteiger partial charge in [0.2, 0.25) is 5.88 Å². The third-order valence-electron chi connectivity index (χ3n) is 2.01. The van der Waals surface area contributed by atoms with E-state index in [2.05, 4.69) is 0 Å². The summed E-state index contributed by atoms with van der Waals surface area (Å²) < 4.78 is 5.41. The summed E-state index contributed by atoms with van der Waals surface area (Å²) in [5.41, 5.74) is 0. The smallest absolute Gasteiger partial charge is 0.260 e. The van der Waals surface area contributed by atoms with Gasteiger partial charge in [0.25, 0.3) is 5.91 Å². The number of fused-ring (bicyclic) bond motifs is 1. The predicted octanol–water partition coefficient (Wildman–Crippen LogP) is 1.75. The van der Waals surface area contributed by atoms with E-state index in [1.54, 1.807) is 13.1 Å². The molecule has 0 aromatic rings. The van der Waals surface area contributed by atoms with E-state index in [1.165, 1.54) is 11.0 Å². The summed E-state index contributed by atoms with van der Waals surface area (Å²) in [7, 11) is 0. The molecule has 0 spiro atoms. The molecule has 13 heavy (non-hydrogen) atoms. The monoisotopic (exact) mass is 177 g/mol. The summed E-state index contributed by atoms with van der Waals surface area (Å²) in [6, 6.07) is 0. The van der Waals surface area contributed by atoms with Gasteiger partial charge < -0.3 is 4.74 Å². The molecule has 0 aromatic carbocycles. The van der Waals surface area contributed by atoms with Crippen molar-refractivity contribution in [1.29, 1.82) is 0 Å². The lowest BCUT2D eigenvalue weighted by Crippen LogP contribution is -2.30. The van der Waals surface area contributed by atoms with Gasteiger partial charge in [-0.25, -0.2) is 0 Å². The van der Waals surface area contributed by atoms with E-state index >= 15 is 0 Å². The molecule has 3 nitrogen and oxygen atoms in total. The van der Waals surface area contributed by atoms with Gasteiger partial charge in [0.1, 0.15) is 5.76 Å². The number of carbonyl (C=O) groups excluding carboxylic acids is 1. The Morgan fingerprint density at radius 1 is 1.54 bits per heavy atom. The van der Waals surface area contributed by atoms with Crippen LogP contribution in [-0.2, 0) is 9.53 Å². The molecule has 3 heteroatoms. The summed E-state index contributed by atoms with van der Waals surface area (Å²) >= 11 is 0. The number of hydrogen-bond acceptors (Lipinski definition) is 2. The van der Waals surface area contributed by atoms with Crippen LogP contribution in [0.15, 0.2) is 36.1 Å². The van der Waals surface area contributed by atoms with Gasteiger partial charge in [-0.3, -0.25) is 9.69 Å². The van der Waals surface area contributed by atoms with Crippen LogP contribution < -0.4 is 0 Å². The van der Waals surface area contributed by atoms with Crippen molar-refractivity contribution in [3.05, 3.63) is 36.1 Å². The molecule has 2 heterocycles. The molecule has 0 aromatic heterocycles. The summed E-state index contributed by atoms with van der Waals surface area (Å²) in [6.07, 6.45) is 7.12. The van der Waals surface area contributed by atoms with Crippen LogP contribution in [0.5, 0.6) is 0 Å². The Bertz CT molecular complexity index is 339. The normalized spacial score (nSPS) is 26.2. The lowest BCUT2D eigenvalue weighted by molar-refractivity contribution is -0.125. The minimum absolute atomic E-state index is 0.0434. The highest BCUT2D eigenvalue weighted by Crippen LogP contribution is 2.24. The molecule has 0 radical (unpaired) electrons. The number of allylic oxidation sites excluding steroid dienone is 3. The largest absolute Gasteiger partial charge is 0.445 e. The van der Waals surface area contributed by atoms with E-state index in [0.717, 1.165) is 0 Å². The van der Waals surface area contributed by atoms with Gasteiger partial charge in [0.15, 0.2) is 0 Å². The lowest BCUT2D eigenvalue weighted by Gasteiger charge is -2.28. The Morgan fingerprint density at radius 2 is 2.31 bits per heavy atom. The molecule has 0 N–H and O–H groups in total. The van der Waals surface area contributed by atoms with Crippen LogP contribution in [-0.4, -0.2) is 10.8 Å². The second-order valence-corrected chi connectivity index (χ2v) is 3.27. The van der Waals surface area contributed by atoms with Gasteiger partial charge in [-0.1, -0.05) is 13.0 Å². The highest BCUT2D eigenvalue weighted by molar-refractivity contribution is 5.91. The Hall–Kier alpha value is -1.51. The van der Waals surface area contributed by atoms with E-state index in [4.69, 9.17) is 4.74 Å². The van der Waals surface area contributed by atoms with Gasteiger partial charge in [0, 0.05) is 12.3 Å². The molecule has 0 saturated carbocycles. The molecule has 2 aliphatic heterocycles. The zero-order chi connectivity index (χ0) is 9.42. The van der Waals surface area contributed by atoms with Crippen molar-refractivity contribution in [2.75, 3.05) is 0 Å². The average Bonchev–Trinajstić information content (AvgIpc) is 2.02. The van der Waals surface area contributed by atoms with Gasteiger partial charge in [-0.2, -0.15) is 0 Å². The van der Waals surface area contributed by atoms with Crippen molar-refractivity contribution >= 4 is 5.91 Å². The van der Waals surface area contributed by atoms with Crippen LogP contribution in [0.2, 0.25) is 0 Å². The van der Waals surface area contributed by atoms with Gasteiger partial charge in [0.05, 0.1) is 0 Å². The van der Waals surface area contributed by atoms with Gasteiger partial charge in [-0.15, -0.1) is 0 Å². The van der Waals surface area contributed by atoms with Crippen molar-refractivity contribution in [3.8, 4) is 0 Å². The van der Waals surface area contributed by atoms with Crippen LogP contribution in [0.25, 0.3) is 0 Å². The molecule has 0 aliphatic carbocycles. The van der Waals surface area contributed by atoms with Crippen molar-refractivity contribution in [1.82, 2.24) is 4.90 Å². The quantitative estimate of drug-likeness (QED) is 0.564. The highest BCUT2D eigenvalue weighted by atomic mass is 16.5. The van der Waals surface area contributed by atoms with E-state index in [-0.39, 0.29) is 5.91 Å². The van der Waals surface area contributed by atoms with Crippen molar-refractivity contribution < 1.29 is 9.53 Å². The fraction of sp³-hybridized carbons (Fsp3) is 0.300. The first-order valence-electron chi connectivity index (χ1n) is 4.26. The molecule has 0 bridgehead atoms. The van der Waals surface area contributed by atoms with Crippen molar-refractivity contribution in [2.45, 2.75) is 13.8 Å². The first-order valence-corrected chi connectivity index (χ1v) is 4.26. The first kappa shape index (κ1) is 8.10. The number of rotatable bonds is 0. The third kappa shape index (κ3) is 1.37. The van der Waals surface area contributed by atoms with E-state index in [9.17, 15) is 4.79 Å². The molecule has 1 unspecified atom stereocenters. The summed E-state index contributed by atoms with van der Waals surface area (Å²) in [5.74, 6) is 1.55. The van der Waals surface area contributed by atoms with E-state index in [0.29, 0.717) is 17.6 Å². The fourth-order valence-corrected chi connectivity index (χ4v) is 1.36. The van der Waals surface area contributed by atoms with Crippen LogP contribution in [0.3, 0.4) is 0 Å². The molecule has 68 valence electrons. The summed E-state index contributed by atoms with van der Waals surface area (Å²) in [5, 5.41) is 0. The van der Waals surface area contributed by atoms with Gasteiger partial charge >= 0.3 is 0 Å². The van der Waals surface area contributed by atoms with Gasteiger partial charge in [-0.05, 0) is 18.9 Å². The molecule has 0 saturated heterocycles. The highest BCUT2D eigenvalue weighted by Gasteiger charge is 2.24. The van der Waals surface area contributed by atoms with Crippen LogP contribution in [0.4, 0.5) is 0 Å². The Labute approximate surface area is 77.0 Å². The summed E-state index contributed by atoms with van der Waals surface area (Å²) in [4.78, 5) is 12.9. The maximum atomic E-state index is 11.4. The Kier molecular flexibility index (Phi) is 1.72. The Balaban J connectivity index is 2.36. The van der Waals surface area contributed by atoms with Crippen molar-refractivity contribution in [2.24, 2.45) is 5.92 Å².